The van der Waals surface area contributed by atoms with Gasteiger partial charge in [-0.05, 0) is 68.9 Å². The minimum Gasteiger partial charge on any atom is -0.510 e. The third-order valence-electron chi connectivity index (χ3n) is 9.67. The van der Waals surface area contributed by atoms with Gasteiger partial charge in [-0.2, -0.15) is 13.2 Å². The zero-order chi connectivity index (χ0) is 33.4. The molecule has 0 fully saturated rings. The lowest BCUT2D eigenvalue weighted by atomic mass is 9.58. The maximum Gasteiger partial charge on any atom is 0.417 e. The first-order valence-corrected chi connectivity index (χ1v) is 14.4. The number of benzene rings is 1. The number of rotatable bonds is 6. The van der Waals surface area contributed by atoms with E-state index in [2.05, 4.69) is 0 Å². The number of amides is 1. The second-order valence-corrected chi connectivity index (χ2v) is 13.3. The van der Waals surface area contributed by atoms with Gasteiger partial charge in [0.2, 0.25) is 5.78 Å². The summed E-state index contributed by atoms with van der Waals surface area (Å²) >= 11 is 0. The Morgan fingerprint density at radius 1 is 1.16 bits per heavy atom. The molecule has 0 unspecified atom stereocenters. The van der Waals surface area contributed by atoms with E-state index in [4.69, 9.17) is 5.73 Å². The van der Waals surface area contributed by atoms with Crippen LogP contribution >= 0.6 is 0 Å². The van der Waals surface area contributed by atoms with Gasteiger partial charge >= 0.3 is 6.18 Å². The molecule has 1 aromatic carbocycles. The average Bonchev–Trinajstić information content (AvgIpc) is 2.87. The minimum absolute atomic E-state index is 0.145. The fourth-order valence-corrected chi connectivity index (χ4v) is 7.16. The topological polar surface area (TPSA) is 165 Å². The molecule has 3 aliphatic carbocycles. The van der Waals surface area contributed by atoms with Gasteiger partial charge in [0, 0.05) is 24.1 Å². The van der Waals surface area contributed by atoms with Crippen molar-refractivity contribution in [2.24, 2.45) is 23.0 Å². The molecule has 3 aliphatic rings. The number of ketones is 2. The van der Waals surface area contributed by atoms with E-state index in [0.29, 0.717) is 6.54 Å². The molecule has 242 valence electrons. The quantitative estimate of drug-likeness (QED) is 0.299. The first kappa shape index (κ1) is 33.5. The number of phenolic OH excluding ortho intramolecular Hbond substituents is 1. The van der Waals surface area contributed by atoms with E-state index in [1.165, 1.54) is 19.0 Å². The van der Waals surface area contributed by atoms with Crippen LogP contribution < -0.4 is 5.73 Å². The molecule has 0 spiro atoms. The number of hydrogen-bond acceptors (Lipinski definition) is 9. The number of phenols is 1. The SMILES string of the molecule is CCN(Cc1cc(O)c2c(c1C(F)(F)F)C[C@H]1C[C@H]3[C@H](N(C)C)C(O)=C(C(N)=O)C(=O)[C@@]3(O)C(O)=C1C2=O)[C@H](C)C(C)(C)C. The number of aromatic hydroxyl groups is 1. The van der Waals surface area contributed by atoms with Crippen LogP contribution in [0.2, 0.25) is 0 Å². The molecule has 1 amide bonds. The van der Waals surface area contributed by atoms with Crippen LogP contribution in [0.3, 0.4) is 0 Å². The van der Waals surface area contributed by atoms with Crippen LogP contribution in [0.15, 0.2) is 28.7 Å². The summed E-state index contributed by atoms with van der Waals surface area (Å²) in [6.07, 6.45) is -5.68. The van der Waals surface area contributed by atoms with E-state index in [0.717, 1.165) is 6.07 Å². The fourth-order valence-electron chi connectivity index (χ4n) is 7.16. The van der Waals surface area contributed by atoms with Crippen molar-refractivity contribution in [2.45, 2.75) is 77.9 Å². The summed E-state index contributed by atoms with van der Waals surface area (Å²) < 4.78 is 44.6. The minimum atomic E-state index is -4.92. The Kier molecular flexibility index (Phi) is 8.28. The molecule has 0 radical (unpaired) electrons. The van der Waals surface area contributed by atoms with Crippen LogP contribution in [0.5, 0.6) is 5.75 Å². The predicted octanol–water partition coefficient (Wildman–Crippen LogP) is 3.40. The number of nitrogens with zero attached hydrogens (tertiary/aromatic N) is 2. The Hall–Kier alpha value is -3.42. The lowest BCUT2D eigenvalue weighted by Crippen LogP contribution is -2.63. The molecule has 44 heavy (non-hydrogen) atoms. The third-order valence-corrected chi connectivity index (χ3v) is 9.67. The smallest absolute Gasteiger partial charge is 0.417 e. The van der Waals surface area contributed by atoms with Gasteiger partial charge in [-0.3, -0.25) is 24.2 Å². The molecule has 1 aromatic rings. The first-order valence-electron chi connectivity index (χ1n) is 14.4. The summed E-state index contributed by atoms with van der Waals surface area (Å²) in [5.74, 6) is -9.04. The average molecular weight is 624 g/mol. The van der Waals surface area contributed by atoms with Gasteiger partial charge in [0.25, 0.3) is 5.91 Å². The Labute approximate surface area is 253 Å². The van der Waals surface area contributed by atoms with Gasteiger partial charge in [-0.15, -0.1) is 0 Å². The highest BCUT2D eigenvalue weighted by Crippen LogP contribution is 2.54. The largest absolute Gasteiger partial charge is 0.510 e. The Morgan fingerprint density at radius 2 is 1.75 bits per heavy atom. The number of primary amides is 1. The van der Waals surface area contributed by atoms with Gasteiger partial charge in [0.15, 0.2) is 11.4 Å². The van der Waals surface area contributed by atoms with Crippen molar-refractivity contribution in [1.29, 1.82) is 0 Å². The van der Waals surface area contributed by atoms with Crippen LogP contribution in [0.4, 0.5) is 13.2 Å². The monoisotopic (exact) mass is 623 g/mol. The van der Waals surface area contributed by atoms with Crippen LogP contribution in [-0.4, -0.2) is 86.0 Å². The summed E-state index contributed by atoms with van der Waals surface area (Å²) in [6.45, 7) is 9.88. The van der Waals surface area contributed by atoms with Crippen molar-refractivity contribution in [3.8, 4) is 5.75 Å². The standard InChI is InChI=1S/C31H40F3N3O7/c1-8-37(13(2)29(3,4)5)12-15-11-18(38)20-16(22(15)31(32,33)34)9-14-10-17-23(36(6)7)25(40)21(28(35)43)27(42)30(17,44)26(41)19(14)24(20)39/h11,13-14,17,23,38,40-41,44H,8-10,12H2,1-7H3,(H2,35,43)/t13-,14+,17+,23+,30+/m1/s1. The molecular weight excluding hydrogens is 583 g/mol. The number of aliphatic hydroxyl groups excluding tert-OH is 2. The summed E-state index contributed by atoms with van der Waals surface area (Å²) in [5.41, 5.74) is -1.69. The van der Waals surface area contributed by atoms with Crippen molar-refractivity contribution in [3.05, 3.63) is 51.0 Å². The lowest BCUT2D eigenvalue weighted by molar-refractivity contribution is -0.148. The number of hydrogen-bond donors (Lipinski definition) is 5. The highest BCUT2D eigenvalue weighted by atomic mass is 19.4. The van der Waals surface area contributed by atoms with Crippen LogP contribution in [0, 0.1) is 17.3 Å². The molecule has 0 saturated carbocycles. The van der Waals surface area contributed by atoms with Gasteiger partial charge < -0.3 is 26.2 Å². The van der Waals surface area contributed by atoms with Gasteiger partial charge in [-0.1, -0.05) is 27.7 Å². The van der Waals surface area contributed by atoms with Crippen LogP contribution in [0.25, 0.3) is 0 Å². The lowest BCUT2D eigenvalue weighted by Gasteiger charge is -2.50. The molecular formula is C31H40F3N3O7. The van der Waals surface area contributed by atoms with E-state index < -0.39 is 98.7 Å². The van der Waals surface area contributed by atoms with Gasteiger partial charge in [0.1, 0.15) is 22.8 Å². The van der Waals surface area contributed by atoms with Crippen molar-refractivity contribution >= 4 is 17.5 Å². The summed E-state index contributed by atoms with van der Waals surface area (Å²) in [5, 5.41) is 45.0. The van der Waals surface area contributed by atoms with E-state index >= 15 is 0 Å². The molecule has 0 saturated heterocycles. The number of carbonyl (C=O) groups is 3. The number of allylic oxidation sites excluding steroid dienone is 1. The Balaban J connectivity index is 1.94. The molecule has 0 aromatic heterocycles. The second-order valence-electron chi connectivity index (χ2n) is 13.3. The molecule has 10 nitrogen and oxygen atoms in total. The molecule has 0 bridgehead atoms. The zero-order valence-corrected chi connectivity index (χ0v) is 25.8. The number of halogens is 3. The fraction of sp³-hybridized carbons (Fsp3) is 0.581. The number of Topliss-reactive ketones (excluding diaryl/α,β-unsaturated/α-hetero) is 2. The normalized spacial score (nSPS) is 26.6. The number of nitrogens with two attached hydrogens (primary N) is 1. The number of likely N-dealkylation sites (N-methyl/N-ethyl adjacent to an activating group) is 1. The van der Waals surface area contributed by atoms with Crippen LogP contribution in [-0.2, 0) is 28.7 Å². The number of carbonyl (C=O) groups excluding carboxylic acids is 3. The molecule has 5 atom stereocenters. The number of aliphatic hydroxyl groups is 3. The predicted molar refractivity (Wildman–Crippen MR) is 154 cm³/mol. The second kappa shape index (κ2) is 10.9. The number of fused-ring (bicyclic) bond motifs is 3. The summed E-state index contributed by atoms with van der Waals surface area (Å²) in [7, 11) is 2.94. The summed E-state index contributed by atoms with van der Waals surface area (Å²) in [4.78, 5) is 42.6. The highest BCUT2D eigenvalue weighted by molar-refractivity contribution is 6.24. The molecule has 0 heterocycles. The highest BCUT2D eigenvalue weighted by Gasteiger charge is 2.63. The van der Waals surface area contributed by atoms with E-state index in [9.17, 15) is 48.0 Å². The molecule has 13 heteroatoms. The maximum absolute atomic E-state index is 14.9. The van der Waals surface area contributed by atoms with E-state index in [-0.39, 0.29) is 30.0 Å². The maximum atomic E-state index is 14.9. The molecule has 0 aliphatic heterocycles. The first-order chi connectivity index (χ1) is 20.1. The third kappa shape index (κ3) is 4.98. The zero-order valence-electron chi connectivity index (χ0n) is 25.8. The van der Waals surface area contributed by atoms with E-state index in [1.807, 2.05) is 39.5 Å². The van der Waals surface area contributed by atoms with E-state index in [1.54, 1.807) is 0 Å². The van der Waals surface area contributed by atoms with Gasteiger partial charge in [0.05, 0.1) is 17.2 Å². The summed E-state index contributed by atoms with van der Waals surface area (Å²) in [6, 6.07) is -0.483. The van der Waals surface area contributed by atoms with Crippen LogP contribution in [0.1, 0.15) is 68.1 Å². The Bertz CT molecular complexity index is 1490. The van der Waals surface area contributed by atoms with Crippen molar-refractivity contribution in [1.82, 2.24) is 9.80 Å². The molecule has 4 rings (SSSR count). The molecule has 6 N–H and O–H groups in total. The van der Waals surface area contributed by atoms with Crippen molar-refractivity contribution in [2.75, 3.05) is 20.6 Å². The Morgan fingerprint density at radius 3 is 2.23 bits per heavy atom. The van der Waals surface area contributed by atoms with Gasteiger partial charge in [-0.25, -0.2) is 0 Å². The van der Waals surface area contributed by atoms with Crippen molar-refractivity contribution < 1.29 is 48.0 Å². The van der Waals surface area contributed by atoms with Crippen molar-refractivity contribution in [3.63, 3.8) is 0 Å². The number of alkyl halides is 3.